The zero-order chi connectivity index (χ0) is 22.4. The van der Waals surface area contributed by atoms with Crippen molar-refractivity contribution >= 4 is 5.78 Å². The minimum atomic E-state index is -7.91. The van der Waals surface area contributed by atoms with Gasteiger partial charge in [-0.15, -0.1) is 0 Å². The molecular weight excluding hydrogens is 435 g/mol. The lowest BCUT2D eigenvalue weighted by molar-refractivity contribution is -0.440. The summed E-state index contributed by atoms with van der Waals surface area (Å²) < 4.78 is 172. The number of allylic oxidation sites excluding steroid dienone is 1. The van der Waals surface area contributed by atoms with Gasteiger partial charge >= 0.3 is 35.8 Å². The highest BCUT2D eigenvalue weighted by atomic mass is 19.4. The van der Waals surface area contributed by atoms with E-state index in [1.165, 1.54) is 0 Å². The Labute approximate surface area is 147 Å². The number of carbonyl (C=O) groups excluding carboxylic acids is 1. The molecule has 0 aromatic carbocycles. The molecule has 0 radical (unpaired) electrons. The van der Waals surface area contributed by atoms with E-state index in [0.717, 1.165) is 6.08 Å². The second-order valence-electron chi connectivity index (χ2n) is 5.77. The summed E-state index contributed by atoms with van der Waals surface area (Å²) in [5, 5.41) is 0. The Kier molecular flexibility index (Phi) is 6.06. The summed E-state index contributed by atoms with van der Waals surface area (Å²) >= 11 is 0. The van der Waals surface area contributed by atoms with Crippen molar-refractivity contribution in [3.05, 3.63) is 12.3 Å². The van der Waals surface area contributed by atoms with E-state index in [1.807, 2.05) is 0 Å². The summed E-state index contributed by atoms with van der Waals surface area (Å²) in [6.07, 6.45) is -11.9. The third-order valence-electron chi connectivity index (χ3n) is 3.73. The van der Waals surface area contributed by atoms with Crippen LogP contribution >= 0.6 is 0 Å². The van der Waals surface area contributed by atoms with Crippen molar-refractivity contribution in [2.45, 2.75) is 61.2 Å². The van der Waals surface area contributed by atoms with Gasteiger partial charge in [-0.05, 0) is 6.42 Å². The molecule has 0 aromatic heterocycles. The standard InChI is InChI=1S/C13H9F13O2/c14-8(15,3-1-7-5-6(27)2-4-28-7)9(16,17)10(18,19)11(20,21)12(22,23)13(24,25)26/h2,4,7H,1,3,5H2/t7-/m0/s1. The second-order valence-corrected chi connectivity index (χ2v) is 5.77. The Morgan fingerprint density at radius 1 is 0.786 bits per heavy atom. The van der Waals surface area contributed by atoms with Crippen LogP contribution in [-0.2, 0) is 9.53 Å². The third kappa shape index (κ3) is 3.75. The van der Waals surface area contributed by atoms with Gasteiger partial charge in [0.1, 0.15) is 6.10 Å². The van der Waals surface area contributed by atoms with Gasteiger partial charge in [0.2, 0.25) is 0 Å². The van der Waals surface area contributed by atoms with Crippen molar-refractivity contribution < 1.29 is 66.6 Å². The largest absolute Gasteiger partial charge is 0.497 e. The normalized spacial score (nSPS) is 20.3. The summed E-state index contributed by atoms with van der Waals surface area (Å²) in [6.45, 7) is 0. The molecule has 1 heterocycles. The molecule has 1 aliphatic rings. The van der Waals surface area contributed by atoms with E-state index in [-0.39, 0.29) is 0 Å². The number of ketones is 1. The highest BCUT2D eigenvalue weighted by Gasteiger charge is 2.90. The van der Waals surface area contributed by atoms with Crippen LogP contribution in [0.5, 0.6) is 0 Å². The molecule has 0 bridgehead atoms. The van der Waals surface area contributed by atoms with Crippen LogP contribution in [0, 0.1) is 0 Å². The lowest BCUT2D eigenvalue weighted by Gasteiger charge is -2.40. The quantitative estimate of drug-likeness (QED) is 0.494. The predicted molar refractivity (Wildman–Crippen MR) is 63.7 cm³/mol. The molecule has 0 aliphatic carbocycles. The summed E-state index contributed by atoms with van der Waals surface area (Å²) in [4.78, 5) is 11.0. The molecule has 15 heteroatoms. The molecule has 0 aromatic rings. The number of halogens is 13. The van der Waals surface area contributed by atoms with Crippen LogP contribution < -0.4 is 0 Å². The van der Waals surface area contributed by atoms with E-state index in [4.69, 9.17) is 0 Å². The average Bonchev–Trinajstić information content (AvgIpc) is 2.51. The first-order valence-electron chi connectivity index (χ1n) is 7.03. The smallest absolute Gasteiger partial charge is 0.460 e. The first kappa shape index (κ1) is 24.3. The minimum absolute atomic E-state index is 0.652. The van der Waals surface area contributed by atoms with Crippen LogP contribution in [-0.4, -0.2) is 47.7 Å². The van der Waals surface area contributed by atoms with Gasteiger partial charge < -0.3 is 4.74 Å². The van der Waals surface area contributed by atoms with Crippen LogP contribution in [0.3, 0.4) is 0 Å². The fourth-order valence-electron chi connectivity index (χ4n) is 2.04. The maximum atomic E-state index is 13.5. The molecule has 1 atom stereocenters. The van der Waals surface area contributed by atoms with Crippen molar-refractivity contribution in [1.82, 2.24) is 0 Å². The van der Waals surface area contributed by atoms with Gasteiger partial charge in [-0.2, -0.15) is 57.1 Å². The zero-order valence-corrected chi connectivity index (χ0v) is 13.1. The number of ether oxygens (including phenoxy) is 1. The number of hydrogen-bond acceptors (Lipinski definition) is 2. The minimum Gasteiger partial charge on any atom is -0.497 e. The van der Waals surface area contributed by atoms with Crippen LogP contribution in [0.4, 0.5) is 57.1 Å². The van der Waals surface area contributed by atoms with E-state index in [1.54, 1.807) is 0 Å². The van der Waals surface area contributed by atoms with Gasteiger partial charge in [-0.1, -0.05) is 0 Å². The number of hydrogen-bond donors (Lipinski definition) is 0. The molecule has 164 valence electrons. The zero-order valence-electron chi connectivity index (χ0n) is 13.1. The Bertz CT molecular complexity index is 620. The first-order chi connectivity index (χ1) is 12.2. The Morgan fingerprint density at radius 3 is 1.68 bits per heavy atom. The van der Waals surface area contributed by atoms with Crippen molar-refractivity contribution in [3.63, 3.8) is 0 Å². The molecule has 0 amide bonds. The van der Waals surface area contributed by atoms with E-state index < -0.39 is 66.9 Å². The van der Waals surface area contributed by atoms with Crippen LogP contribution in [0.2, 0.25) is 0 Å². The van der Waals surface area contributed by atoms with Gasteiger partial charge in [0.15, 0.2) is 5.78 Å². The molecule has 1 rings (SSSR count). The monoisotopic (exact) mass is 444 g/mol. The van der Waals surface area contributed by atoms with Gasteiger partial charge in [0.05, 0.1) is 6.26 Å². The summed E-state index contributed by atoms with van der Waals surface area (Å²) in [5.74, 6) is -37.7. The van der Waals surface area contributed by atoms with Crippen molar-refractivity contribution in [1.29, 1.82) is 0 Å². The Balaban J connectivity index is 3.15. The predicted octanol–water partition coefficient (Wildman–Crippen LogP) is 5.38. The molecule has 0 fully saturated rings. The molecule has 0 saturated carbocycles. The molecule has 1 aliphatic heterocycles. The summed E-state index contributed by atoms with van der Waals surface area (Å²) in [6, 6.07) is 0. The molecule has 0 N–H and O–H groups in total. The van der Waals surface area contributed by atoms with Crippen molar-refractivity contribution in [3.8, 4) is 0 Å². The third-order valence-corrected chi connectivity index (χ3v) is 3.73. The molecule has 0 spiro atoms. The van der Waals surface area contributed by atoms with E-state index in [2.05, 4.69) is 4.74 Å². The summed E-state index contributed by atoms with van der Waals surface area (Å²) in [5.41, 5.74) is 0. The first-order valence-corrected chi connectivity index (χ1v) is 7.03. The van der Waals surface area contributed by atoms with Crippen molar-refractivity contribution in [2.24, 2.45) is 0 Å². The lowest BCUT2D eigenvalue weighted by Crippen LogP contribution is -2.70. The average molecular weight is 444 g/mol. The Morgan fingerprint density at radius 2 is 1.25 bits per heavy atom. The van der Waals surface area contributed by atoms with Crippen molar-refractivity contribution in [2.75, 3.05) is 0 Å². The molecular formula is C13H9F13O2. The van der Waals surface area contributed by atoms with Crippen LogP contribution in [0.1, 0.15) is 19.3 Å². The van der Waals surface area contributed by atoms with Gasteiger partial charge in [-0.25, -0.2) is 0 Å². The number of alkyl halides is 13. The topological polar surface area (TPSA) is 26.3 Å². The summed E-state index contributed by atoms with van der Waals surface area (Å²) in [7, 11) is 0. The van der Waals surface area contributed by atoms with E-state index in [9.17, 15) is 61.9 Å². The molecule has 2 nitrogen and oxygen atoms in total. The van der Waals surface area contributed by atoms with Gasteiger partial charge in [0.25, 0.3) is 0 Å². The maximum absolute atomic E-state index is 13.5. The Hall–Kier alpha value is -1.70. The molecule has 0 saturated heterocycles. The molecule has 0 unspecified atom stereocenters. The highest BCUT2D eigenvalue weighted by Crippen LogP contribution is 2.60. The highest BCUT2D eigenvalue weighted by molar-refractivity contribution is 5.90. The lowest BCUT2D eigenvalue weighted by atomic mass is 9.91. The van der Waals surface area contributed by atoms with Gasteiger partial charge in [-0.3, -0.25) is 4.79 Å². The van der Waals surface area contributed by atoms with Gasteiger partial charge in [0, 0.05) is 18.9 Å². The number of carbonyl (C=O) groups is 1. The fraction of sp³-hybridized carbons (Fsp3) is 0.769. The molecule has 28 heavy (non-hydrogen) atoms. The number of rotatable bonds is 7. The second kappa shape index (κ2) is 6.97. The van der Waals surface area contributed by atoms with Crippen LogP contribution in [0.15, 0.2) is 12.3 Å². The van der Waals surface area contributed by atoms with Crippen LogP contribution in [0.25, 0.3) is 0 Å². The van der Waals surface area contributed by atoms with E-state index in [0.29, 0.717) is 6.26 Å². The van der Waals surface area contributed by atoms with E-state index >= 15 is 0 Å². The maximum Gasteiger partial charge on any atom is 0.460 e. The fourth-order valence-corrected chi connectivity index (χ4v) is 2.04. The SMILES string of the molecule is O=C1C=CO[C@@H](CCC(F)(F)C(F)(F)C(F)(F)C(F)(F)C(F)(F)C(F)(F)F)C1.